The number of phenolic OH excluding ortho intramolecular Hbond substituents is 1. The lowest BCUT2D eigenvalue weighted by Gasteiger charge is -2.18. The Morgan fingerprint density at radius 1 is 0.696 bits per heavy atom. The molecule has 0 atom stereocenters. The molecular formula is C22H38O. The molecule has 0 bridgehead atoms. The van der Waals surface area contributed by atoms with Crippen molar-refractivity contribution in [1.82, 2.24) is 0 Å². The Hall–Kier alpha value is -0.980. The van der Waals surface area contributed by atoms with E-state index in [0.717, 1.165) is 36.8 Å². The number of hydrogen-bond acceptors (Lipinski definition) is 1. The third kappa shape index (κ3) is 9.03. The molecule has 1 heteroatoms. The number of benzene rings is 1. The fraction of sp³-hybridized carbons (Fsp3) is 0.727. The fourth-order valence-electron chi connectivity index (χ4n) is 2.99. The molecule has 0 aliphatic heterocycles. The molecule has 0 heterocycles. The van der Waals surface area contributed by atoms with Gasteiger partial charge in [0.2, 0.25) is 0 Å². The van der Waals surface area contributed by atoms with Crippen LogP contribution in [0.3, 0.4) is 0 Å². The Morgan fingerprint density at radius 3 is 1.43 bits per heavy atom. The van der Waals surface area contributed by atoms with Crippen molar-refractivity contribution in [3.63, 3.8) is 0 Å². The molecule has 0 saturated carbocycles. The van der Waals surface area contributed by atoms with Crippen LogP contribution in [0.1, 0.15) is 91.2 Å². The SMILES string of the molecule is CC(C)(C)CCCCc1cccc(CCCCC(C)(C)C)c1O. The van der Waals surface area contributed by atoms with Crippen LogP contribution in [0.15, 0.2) is 18.2 Å². The minimum Gasteiger partial charge on any atom is -0.507 e. The van der Waals surface area contributed by atoms with E-state index in [4.69, 9.17) is 0 Å². The zero-order valence-electron chi connectivity index (χ0n) is 16.3. The van der Waals surface area contributed by atoms with E-state index in [9.17, 15) is 5.11 Å². The zero-order chi connectivity index (χ0) is 17.5. The van der Waals surface area contributed by atoms with Gasteiger partial charge in [-0.2, -0.15) is 0 Å². The van der Waals surface area contributed by atoms with Crippen LogP contribution >= 0.6 is 0 Å². The highest BCUT2D eigenvalue weighted by molar-refractivity contribution is 5.40. The normalized spacial score (nSPS) is 12.6. The van der Waals surface area contributed by atoms with E-state index >= 15 is 0 Å². The molecule has 1 aromatic rings. The smallest absolute Gasteiger partial charge is 0.121 e. The summed E-state index contributed by atoms with van der Waals surface area (Å²) in [7, 11) is 0. The molecule has 0 aliphatic rings. The number of unbranched alkanes of at least 4 members (excludes halogenated alkanes) is 2. The number of aryl methyl sites for hydroxylation is 2. The summed E-state index contributed by atoms with van der Waals surface area (Å²) >= 11 is 0. The largest absolute Gasteiger partial charge is 0.507 e. The van der Waals surface area contributed by atoms with Gasteiger partial charge < -0.3 is 5.11 Å². The van der Waals surface area contributed by atoms with Gasteiger partial charge in [-0.15, -0.1) is 0 Å². The maximum atomic E-state index is 10.5. The van der Waals surface area contributed by atoms with Crippen LogP contribution in [0.25, 0.3) is 0 Å². The summed E-state index contributed by atoms with van der Waals surface area (Å²) in [6.45, 7) is 13.8. The number of aromatic hydroxyl groups is 1. The minimum atomic E-state index is 0.414. The van der Waals surface area contributed by atoms with Crippen molar-refractivity contribution in [1.29, 1.82) is 0 Å². The van der Waals surface area contributed by atoms with Crippen molar-refractivity contribution < 1.29 is 5.11 Å². The summed E-state index contributed by atoms with van der Waals surface area (Å²) in [5.74, 6) is 0.555. The molecule has 0 radical (unpaired) electrons. The summed E-state index contributed by atoms with van der Waals surface area (Å²) in [5, 5.41) is 10.5. The van der Waals surface area contributed by atoms with Gasteiger partial charge in [-0.3, -0.25) is 0 Å². The first-order chi connectivity index (χ1) is 10.6. The first-order valence-electron chi connectivity index (χ1n) is 9.38. The molecule has 1 nitrogen and oxygen atoms in total. The lowest BCUT2D eigenvalue weighted by molar-refractivity contribution is 0.359. The Bertz CT molecular complexity index is 420. The highest BCUT2D eigenvalue weighted by atomic mass is 16.3. The summed E-state index contributed by atoms with van der Waals surface area (Å²) in [4.78, 5) is 0. The van der Waals surface area contributed by atoms with E-state index in [0.29, 0.717) is 16.6 Å². The third-order valence-corrected chi connectivity index (χ3v) is 4.45. The first kappa shape index (κ1) is 20.1. The summed E-state index contributed by atoms with van der Waals surface area (Å²) < 4.78 is 0. The molecule has 0 saturated heterocycles. The van der Waals surface area contributed by atoms with Gasteiger partial charge in [-0.05, 0) is 60.5 Å². The third-order valence-electron chi connectivity index (χ3n) is 4.45. The minimum absolute atomic E-state index is 0.414. The molecule has 1 N–H and O–H groups in total. The molecule has 1 aromatic carbocycles. The van der Waals surface area contributed by atoms with Crippen LogP contribution in [0, 0.1) is 10.8 Å². The Kier molecular flexibility index (Phi) is 7.64. The Morgan fingerprint density at radius 2 is 1.09 bits per heavy atom. The second-order valence-electron chi connectivity index (χ2n) is 9.46. The van der Waals surface area contributed by atoms with E-state index in [-0.39, 0.29) is 0 Å². The second kappa shape index (κ2) is 8.76. The van der Waals surface area contributed by atoms with Gasteiger partial charge in [-0.25, -0.2) is 0 Å². The molecule has 1 rings (SSSR count). The van der Waals surface area contributed by atoms with Gasteiger partial charge in [0.25, 0.3) is 0 Å². The zero-order valence-corrected chi connectivity index (χ0v) is 16.3. The lowest BCUT2D eigenvalue weighted by Crippen LogP contribution is -2.04. The molecule has 0 unspecified atom stereocenters. The van der Waals surface area contributed by atoms with Crippen molar-refractivity contribution in [2.75, 3.05) is 0 Å². The van der Waals surface area contributed by atoms with Crippen molar-refractivity contribution >= 4 is 0 Å². The van der Waals surface area contributed by atoms with E-state index in [1.165, 1.54) is 25.7 Å². The maximum Gasteiger partial charge on any atom is 0.121 e. The predicted molar refractivity (Wildman–Crippen MR) is 102 cm³/mol. The average molecular weight is 319 g/mol. The topological polar surface area (TPSA) is 20.2 Å². The molecule has 0 amide bonds. The molecule has 0 aromatic heterocycles. The van der Waals surface area contributed by atoms with Crippen molar-refractivity contribution in [2.45, 2.75) is 92.9 Å². The Balaban J connectivity index is 2.44. The molecule has 0 aliphatic carbocycles. The fourth-order valence-corrected chi connectivity index (χ4v) is 2.99. The molecule has 0 spiro atoms. The predicted octanol–water partition coefficient (Wildman–Crippen LogP) is 6.91. The van der Waals surface area contributed by atoms with Gasteiger partial charge in [-0.1, -0.05) is 72.6 Å². The van der Waals surface area contributed by atoms with Crippen LogP contribution in [-0.4, -0.2) is 5.11 Å². The average Bonchev–Trinajstić information content (AvgIpc) is 2.40. The summed E-state index contributed by atoms with van der Waals surface area (Å²) in [6.07, 6.45) is 9.30. The van der Waals surface area contributed by atoms with Crippen LogP contribution in [0.4, 0.5) is 0 Å². The highest BCUT2D eigenvalue weighted by Crippen LogP contribution is 2.28. The molecule has 132 valence electrons. The van der Waals surface area contributed by atoms with Crippen molar-refractivity contribution in [3.05, 3.63) is 29.3 Å². The molecule has 23 heavy (non-hydrogen) atoms. The standard InChI is InChI=1S/C22H38O/c1-21(2,3)16-9-7-12-18-14-11-15-19(20(18)23)13-8-10-17-22(4,5)6/h11,14-15,23H,7-10,12-13,16-17H2,1-6H3. The second-order valence-corrected chi connectivity index (χ2v) is 9.46. The monoisotopic (exact) mass is 318 g/mol. The highest BCUT2D eigenvalue weighted by Gasteiger charge is 2.12. The van der Waals surface area contributed by atoms with Crippen molar-refractivity contribution in [3.8, 4) is 5.75 Å². The van der Waals surface area contributed by atoms with Gasteiger partial charge in [0.05, 0.1) is 0 Å². The van der Waals surface area contributed by atoms with Gasteiger partial charge >= 0.3 is 0 Å². The summed E-state index contributed by atoms with van der Waals surface area (Å²) in [6, 6.07) is 6.29. The lowest BCUT2D eigenvalue weighted by atomic mass is 9.88. The number of hydrogen-bond donors (Lipinski definition) is 1. The van der Waals surface area contributed by atoms with E-state index < -0.39 is 0 Å². The number of para-hydroxylation sites is 1. The van der Waals surface area contributed by atoms with Gasteiger partial charge in [0, 0.05) is 0 Å². The number of phenols is 1. The van der Waals surface area contributed by atoms with Gasteiger partial charge in [0.15, 0.2) is 0 Å². The van der Waals surface area contributed by atoms with E-state index in [1.807, 2.05) is 0 Å². The summed E-state index contributed by atoms with van der Waals surface area (Å²) in [5.41, 5.74) is 3.09. The molecular weight excluding hydrogens is 280 g/mol. The van der Waals surface area contributed by atoms with Crippen LogP contribution in [-0.2, 0) is 12.8 Å². The maximum absolute atomic E-state index is 10.5. The quantitative estimate of drug-likeness (QED) is 0.516. The van der Waals surface area contributed by atoms with Crippen molar-refractivity contribution in [2.24, 2.45) is 10.8 Å². The van der Waals surface area contributed by atoms with E-state index in [2.05, 4.69) is 59.7 Å². The first-order valence-corrected chi connectivity index (χ1v) is 9.38. The number of rotatable bonds is 8. The van der Waals surface area contributed by atoms with Crippen LogP contribution in [0.2, 0.25) is 0 Å². The Labute approximate surface area is 144 Å². The molecule has 0 fully saturated rings. The van der Waals surface area contributed by atoms with Gasteiger partial charge in [0.1, 0.15) is 5.75 Å². The van der Waals surface area contributed by atoms with E-state index in [1.54, 1.807) is 0 Å². The van der Waals surface area contributed by atoms with Crippen LogP contribution < -0.4 is 0 Å². The van der Waals surface area contributed by atoms with Crippen LogP contribution in [0.5, 0.6) is 5.75 Å².